The number of nitrogens with one attached hydrogen (secondary N) is 1. The minimum Gasteiger partial charge on any atom is -0.497 e. The number of carbonyl (C=O) groups excluding carboxylic acids is 2. The molecule has 0 unspecified atom stereocenters. The van der Waals surface area contributed by atoms with Crippen molar-refractivity contribution in [3.63, 3.8) is 0 Å². The molecule has 0 fully saturated rings. The second-order valence-electron chi connectivity index (χ2n) is 6.75. The highest BCUT2D eigenvalue weighted by atomic mass is 32.1. The first-order chi connectivity index (χ1) is 13.6. The molecule has 0 atom stereocenters. The molecule has 1 aliphatic rings. The highest BCUT2D eigenvalue weighted by Crippen LogP contribution is 2.38. The van der Waals surface area contributed by atoms with Crippen molar-refractivity contribution < 1.29 is 23.5 Å². The number of hydrogen-bond donors (Lipinski definition) is 1. The van der Waals surface area contributed by atoms with Crippen LogP contribution in [0.25, 0.3) is 11.0 Å². The van der Waals surface area contributed by atoms with Crippen LogP contribution in [0.2, 0.25) is 0 Å². The predicted molar refractivity (Wildman–Crippen MR) is 107 cm³/mol. The van der Waals surface area contributed by atoms with E-state index < -0.39 is 5.97 Å². The first-order valence-electron chi connectivity index (χ1n) is 9.17. The summed E-state index contributed by atoms with van der Waals surface area (Å²) in [6.45, 7) is 0. The van der Waals surface area contributed by atoms with Crippen LogP contribution in [0.4, 0.5) is 5.00 Å². The number of anilines is 1. The molecular formula is C21H21NO5S. The van der Waals surface area contributed by atoms with Gasteiger partial charge in [-0.25, -0.2) is 4.79 Å². The zero-order valence-corrected chi connectivity index (χ0v) is 16.6. The molecule has 0 radical (unpaired) electrons. The third-order valence-corrected chi connectivity index (χ3v) is 6.23. The molecule has 0 saturated heterocycles. The summed E-state index contributed by atoms with van der Waals surface area (Å²) in [5, 5.41) is 4.34. The molecule has 0 saturated carbocycles. The van der Waals surface area contributed by atoms with E-state index in [0.29, 0.717) is 21.9 Å². The Kier molecular flexibility index (Phi) is 5.09. The van der Waals surface area contributed by atoms with Crippen molar-refractivity contribution >= 4 is 39.2 Å². The van der Waals surface area contributed by atoms with Gasteiger partial charge in [0.25, 0.3) is 0 Å². The minimum absolute atomic E-state index is 0.142. The summed E-state index contributed by atoms with van der Waals surface area (Å²) in [5.41, 5.74) is 3.00. The summed E-state index contributed by atoms with van der Waals surface area (Å²) >= 11 is 1.48. The molecule has 28 heavy (non-hydrogen) atoms. The van der Waals surface area contributed by atoms with E-state index in [1.54, 1.807) is 13.4 Å². The number of furan rings is 1. The van der Waals surface area contributed by atoms with Crippen LogP contribution >= 0.6 is 11.3 Å². The fraction of sp³-hybridized carbons (Fsp3) is 0.333. The minimum atomic E-state index is -0.395. The maximum atomic E-state index is 12.7. The van der Waals surface area contributed by atoms with Crippen molar-refractivity contribution in [2.45, 2.75) is 32.1 Å². The Morgan fingerprint density at radius 1 is 1.21 bits per heavy atom. The van der Waals surface area contributed by atoms with Gasteiger partial charge in [0, 0.05) is 15.8 Å². The highest BCUT2D eigenvalue weighted by Gasteiger charge is 2.27. The number of carbonyl (C=O) groups is 2. The lowest BCUT2D eigenvalue weighted by Gasteiger charge is -2.11. The maximum absolute atomic E-state index is 12.7. The maximum Gasteiger partial charge on any atom is 0.341 e. The Labute approximate surface area is 166 Å². The van der Waals surface area contributed by atoms with Gasteiger partial charge in [0.05, 0.1) is 32.5 Å². The van der Waals surface area contributed by atoms with Gasteiger partial charge < -0.3 is 19.2 Å². The number of hydrogen-bond acceptors (Lipinski definition) is 6. The van der Waals surface area contributed by atoms with Gasteiger partial charge in [0.15, 0.2) is 0 Å². The predicted octanol–water partition coefficient (Wildman–Crippen LogP) is 4.35. The van der Waals surface area contributed by atoms with E-state index in [0.717, 1.165) is 42.2 Å². The Morgan fingerprint density at radius 2 is 2.04 bits per heavy atom. The van der Waals surface area contributed by atoms with Crippen LogP contribution < -0.4 is 10.1 Å². The number of ether oxygens (including phenoxy) is 2. The SMILES string of the molecule is COC(=O)c1c(NC(=O)Cc2coc3ccc(OC)cc23)sc2c1CCCC2. The number of fused-ring (bicyclic) bond motifs is 2. The lowest BCUT2D eigenvalue weighted by molar-refractivity contribution is -0.115. The van der Waals surface area contributed by atoms with Gasteiger partial charge in [-0.2, -0.15) is 0 Å². The van der Waals surface area contributed by atoms with Gasteiger partial charge in [-0.15, -0.1) is 11.3 Å². The number of thiophene rings is 1. The molecule has 3 aromatic rings. The largest absolute Gasteiger partial charge is 0.497 e. The third kappa shape index (κ3) is 3.38. The molecule has 146 valence electrons. The van der Waals surface area contributed by atoms with E-state index in [1.165, 1.54) is 23.3 Å². The standard InChI is InChI=1S/C21H21NO5S/c1-25-13-7-8-16-15(10-13)12(11-27-16)9-18(23)22-20-19(21(24)26-2)14-5-3-4-6-17(14)28-20/h7-8,10-11H,3-6,9H2,1-2H3,(H,22,23). The zero-order chi connectivity index (χ0) is 19.7. The van der Waals surface area contributed by atoms with Crippen LogP contribution in [0.3, 0.4) is 0 Å². The van der Waals surface area contributed by atoms with E-state index in [4.69, 9.17) is 13.9 Å². The molecule has 2 aromatic heterocycles. The van der Waals surface area contributed by atoms with Crippen LogP contribution in [0.1, 0.15) is 39.2 Å². The van der Waals surface area contributed by atoms with Crippen molar-refractivity contribution in [3.05, 3.63) is 46.0 Å². The van der Waals surface area contributed by atoms with E-state index in [9.17, 15) is 9.59 Å². The monoisotopic (exact) mass is 399 g/mol. The first-order valence-corrected chi connectivity index (χ1v) is 9.99. The quantitative estimate of drug-likeness (QED) is 0.646. The van der Waals surface area contributed by atoms with E-state index in [-0.39, 0.29) is 12.3 Å². The van der Waals surface area contributed by atoms with Crippen molar-refractivity contribution in [2.24, 2.45) is 0 Å². The van der Waals surface area contributed by atoms with Gasteiger partial charge in [-0.1, -0.05) is 0 Å². The van der Waals surface area contributed by atoms with Gasteiger partial charge in [0.2, 0.25) is 5.91 Å². The summed E-state index contributed by atoms with van der Waals surface area (Å²) in [5.74, 6) is 0.108. The van der Waals surface area contributed by atoms with Gasteiger partial charge >= 0.3 is 5.97 Å². The molecule has 1 amide bonds. The van der Waals surface area contributed by atoms with E-state index >= 15 is 0 Å². The Hall–Kier alpha value is -2.80. The summed E-state index contributed by atoms with van der Waals surface area (Å²) in [6, 6.07) is 5.48. The first kappa shape index (κ1) is 18.6. The van der Waals surface area contributed by atoms with Crippen molar-refractivity contribution in [2.75, 3.05) is 19.5 Å². The fourth-order valence-corrected chi connectivity index (χ4v) is 4.93. The molecule has 2 heterocycles. The normalized spacial score (nSPS) is 13.2. The molecule has 0 bridgehead atoms. The molecule has 1 aromatic carbocycles. The van der Waals surface area contributed by atoms with E-state index in [2.05, 4.69) is 5.32 Å². The molecule has 1 N–H and O–H groups in total. The van der Waals surface area contributed by atoms with Gasteiger partial charge in [-0.3, -0.25) is 4.79 Å². The molecule has 6 nitrogen and oxygen atoms in total. The van der Waals surface area contributed by atoms with Crippen LogP contribution in [-0.4, -0.2) is 26.1 Å². The van der Waals surface area contributed by atoms with Gasteiger partial charge in [-0.05, 0) is 49.4 Å². The lowest BCUT2D eigenvalue weighted by atomic mass is 9.95. The smallest absolute Gasteiger partial charge is 0.341 e. The summed E-state index contributed by atoms with van der Waals surface area (Å²) in [4.78, 5) is 26.2. The average molecular weight is 399 g/mol. The summed E-state index contributed by atoms with van der Waals surface area (Å²) in [7, 11) is 2.96. The Morgan fingerprint density at radius 3 is 2.82 bits per heavy atom. The molecule has 0 spiro atoms. The van der Waals surface area contributed by atoms with Gasteiger partial charge in [0.1, 0.15) is 16.3 Å². The summed E-state index contributed by atoms with van der Waals surface area (Å²) in [6.07, 6.45) is 5.66. The number of aryl methyl sites for hydroxylation is 1. The molecule has 0 aliphatic heterocycles. The number of methoxy groups -OCH3 is 2. The van der Waals surface area contributed by atoms with E-state index in [1.807, 2.05) is 18.2 Å². The zero-order valence-electron chi connectivity index (χ0n) is 15.8. The van der Waals surface area contributed by atoms with Crippen molar-refractivity contribution in [1.29, 1.82) is 0 Å². The molecule has 4 rings (SSSR count). The second kappa shape index (κ2) is 7.67. The number of benzene rings is 1. The molecule has 7 heteroatoms. The average Bonchev–Trinajstić information content (AvgIpc) is 3.27. The Balaban J connectivity index is 1.59. The van der Waals surface area contributed by atoms with Crippen LogP contribution in [0, 0.1) is 0 Å². The number of esters is 1. The lowest BCUT2D eigenvalue weighted by Crippen LogP contribution is -2.16. The van der Waals surface area contributed by atoms with Crippen LogP contribution in [0.15, 0.2) is 28.9 Å². The Bertz CT molecular complexity index is 1050. The van der Waals surface area contributed by atoms with Crippen LogP contribution in [0.5, 0.6) is 5.75 Å². The van der Waals surface area contributed by atoms with Crippen molar-refractivity contribution in [3.8, 4) is 5.75 Å². The van der Waals surface area contributed by atoms with Crippen LogP contribution in [-0.2, 0) is 28.8 Å². The molecule has 1 aliphatic carbocycles. The second-order valence-corrected chi connectivity index (χ2v) is 7.86. The topological polar surface area (TPSA) is 77.8 Å². The molecular weight excluding hydrogens is 378 g/mol. The number of amides is 1. The van der Waals surface area contributed by atoms with Crippen molar-refractivity contribution in [1.82, 2.24) is 0 Å². The highest BCUT2D eigenvalue weighted by molar-refractivity contribution is 7.17. The fourth-order valence-electron chi connectivity index (χ4n) is 3.64. The number of rotatable bonds is 5. The third-order valence-electron chi connectivity index (χ3n) is 5.03. The summed E-state index contributed by atoms with van der Waals surface area (Å²) < 4.78 is 15.8.